The number of aromatic nitrogens is 3. The molecule has 3 rings (SSSR count). The van der Waals surface area contributed by atoms with Crippen LogP contribution < -0.4 is 0 Å². The van der Waals surface area contributed by atoms with Crippen LogP contribution in [0, 0.1) is 6.92 Å². The molecule has 1 aromatic carbocycles. The van der Waals surface area contributed by atoms with Crippen LogP contribution in [0.4, 0.5) is 0 Å². The quantitative estimate of drug-likeness (QED) is 0.762. The topological polar surface area (TPSA) is 64.1 Å². The van der Waals surface area contributed by atoms with Gasteiger partial charge in [0.1, 0.15) is 6.54 Å². The Bertz CT molecular complexity index is 684. The summed E-state index contributed by atoms with van der Waals surface area (Å²) in [5, 5.41) is 18.1. The van der Waals surface area contributed by atoms with Crippen molar-refractivity contribution in [3.8, 4) is 0 Å². The molecule has 0 atom stereocenters. The van der Waals surface area contributed by atoms with Crippen molar-refractivity contribution < 1.29 is 9.52 Å². The summed E-state index contributed by atoms with van der Waals surface area (Å²) < 4.78 is 7.40. The summed E-state index contributed by atoms with van der Waals surface area (Å²) in [7, 11) is 0. The standard InChI is InChI=1S/C13H13N3O2/c1-9-14-15-13(18-9)7-16-5-4-11-3-2-10(8-17)6-12(11)16/h2-6,17H,7-8H2,1H3. The van der Waals surface area contributed by atoms with Crippen molar-refractivity contribution in [2.24, 2.45) is 0 Å². The van der Waals surface area contributed by atoms with Crippen LogP contribution in [0.15, 0.2) is 34.9 Å². The van der Waals surface area contributed by atoms with Gasteiger partial charge in [0.25, 0.3) is 0 Å². The third-order valence-electron chi connectivity index (χ3n) is 2.89. The molecule has 0 aliphatic heterocycles. The normalized spacial score (nSPS) is 11.2. The second kappa shape index (κ2) is 4.27. The van der Waals surface area contributed by atoms with Crippen LogP contribution in [0.5, 0.6) is 0 Å². The lowest BCUT2D eigenvalue weighted by Gasteiger charge is -2.03. The molecule has 92 valence electrons. The number of rotatable bonds is 3. The van der Waals surface area contributed by atoms with Gasteiger partial charge in [0.05, 0.1) is 6.61 Å². The molecule has 0 radical (unpaired) electrons. The number of nitrogens with zero attached hydrogens (tertiary/aromatic N) is 3. The summed E-state index contributed by atoms with van der Waals surface area (Å²) in [5.41, 5.74) is 1.95. The molecule has 5 heteroatoms. The van der Waals surface area contributed by atoms with E-state index in [1.807, 2.05) is 35.0 Å². The molecule has 0 saturated heterocycles. The third-order valence-corrected chi connectivity index (χ3v) is 2.89. The molecule has 5 nitrogen and oxygen atoms in total. The van der Waals surface area contributed by atoms with Crippen molar-refractivity contribution in [3.05, 3.63) is 47.8 Å². The molecular formula is C13H13N3O2. The van der Waals surface area contributed by atoms with Crippen molar-refractivity contribution in [3.63, 3.8) is 0 Å². The van der Waals surface area contributed by atoms with E-state index < -0.39 is 0 Å². The Morgan fingerprint density at radius 2 is 2.17 bits per heavy atom. The zero-order valence-electron chi connectivity index (χ0n) is 10.00. The van der Waals surface area contributed by atoms with E-state index in [1.54, 1.807) is 6.92 Å². The first-order valence-corrected chi connectivity index (χ1v) is 5.74. The number of aliphatic hydroxyl groups excluding tert-OH is 1. The Kier molecular flexibility index (Phi) is 2.60. The molecule has 0 spiro atoms. The van der Waals surface area contributed by atoms with Gasteiger partial charge in [-0.25, -0.2) is 0 Å². The average Bonchev–Trinajstić information content (AvgIpc) is 2.96. The second-order valence-electron chi connectivity index (χ2n) is 4.21. The number of benzene rings is 1. The summed E-state index contributed by atoms with van der Waals surface area (Å²) in [6.45, 7) is 2.36. The zero-order chi connectivity index (χ0) is 12.5. The van der Waals surface area contributed by atoms with Gasteiger partial charge in [-0.2, -0.15) is 0 Å². The van der Waals surface area contributed by atoms with E-state index in [0.29, 0.717) is 18.3 Å². The minimum atomic E-state index is 0.0424. The van der Waals surface area contributed by atoms with Crippen molar-refractivity contribution in [1.29, 1.82) is 0 Å². The molecule has 2 heterocycles. The number of aryl methyl sites for hydroxylation is 1. The maximum atomic E-state index is 9.17. The van der Waals surface area contributed by atoms with E-state index in [1.165, 1.54) is 0 Å². The first kappa shape index (κ1) is 11.0. The highest BCUT2D eigenvalue weighted by molar-refractivity contribution is 5.80. The molecule has 0 aliphatic carbocycles. The Labute approximate surface area is 104 Å². The highest BCUT2D eigenvalue weighted by Gasteiger charge is 2.07. The minimum Gasteiger partial charge on any atom is -0.424 e. The van der Waals surface area contributed by atoms with E-state index in [0.717, 1.165) is 16.5 Å². The minimum absolute atomic E-state index is 0.0424. The summed E-state index contributed by atoms with van der Waals surface area (Å²) in [5.74, 6) is 1.15. The van der Waals surface area contributed by atoms with Gasteiger partial charge in [0, 0.05) is 18.6 Å². The van der Waals surface area contributed by atoms with Gasteiger partial charge in [-0.05, 0) is 23.1 Å². The fourth-order valence-corrected chi connectivity index (χ4v) is 2.01. The van der Waals surface area contributed by atoms with Gasteiger partial charge in [-0.1, -0.05) is 12.1 Å². The lowest BCUT2D eigenvalue weighted by Crippen LogP contribution is -1.98. The molecule has 18 heavy (non-hydrogen) atoms. The van der Waals surface area contributed by atoms with Crippen LogP contribution in [-0.4, -0.2) is 19.9 Å². The number of hydrogen-bond acceptors (Lipinski definition) is 4. The van der Waals surface area contributed by atoms with Crippen LogP contribution in [0.1, 0.15) is 17.3 Å². The molecule has 0 amide bonds. The number of fused-ring (bicyclic) bond motifs is 1. The van der Waals surface area contributed by atoms with E-state index in [2.05, 4.69) is 10.2 Å². The molecule has 2 aromatic heterocycles. The summed E-state index contributed by atoms with van der Waals surface area (Å²) in [4.78, 5) is 0. The van der Waals surface area contributed by atoms with Crippen LogP contribution in [0.3, 0.4) is 0 Å². The maximum absolute atomic E-state index is 9.17. The molecular weight excluding hydrogens is 230 g/mol. The maximum Gasteiger partial charge on any atom is 0.236 e. The third kappa shape index (κ3) is 1.89. The van der Waals surface area contributed by atoms with E-state index in [-0.39, 0.29) is 6.61 Å². The van der Waals surface area contributed by atoms with Gasteiger partial charge in [0.2, 0.25) is 11.8 Å². The molecule has 3 aromatic rings. The van der Waals surface area contributed by atoms with Crippen molar-refractivity contribution in [1.82, 2.24) is 14.8 Å². The summed E-state index contributed by atoms with van der Waals surface area (Å²) >= 11 is 0. The second-order valence-corrected chi connectivity index (χ2v) is 4.21. The first-order chi connectivity index (χ1) is 8.76. The molecule has 0 unspecified atom stereocenters. The molecule has 1 N–H and O–H groups in total. The predicted molar refractivity (Wildman–Crippen MR) is 66.0 cm³/mol. The summed E-state index contributed by atoms with van der Waals surface area (Å²) in [6.07, 6.45) is 1.98. The van der Waals surface area contributed by atoms with Crippen molar-refractivity contribution in [2.75, 3.05) is 0 Å². The van der Waals surface area contributed by atoms with Crippen LogP contribution in [-0.2, 0) is 13.2 Å². The average molecular weight is 243 g/mol. The highest BCUT2D eigenvalue weighted by atomic mass is 16.4. The molecule has 0 fully saturated rings. The summed E-state index contributed by atoms with van der Waals surface area (Å²) in [6, 6.07) is 7.91. The van der Waals surface area contributed by atoms with Crippen LogP contribution in [0.25, 0.3) is 10.9 Å². The fraction of sp³-hybridized carbons (Fsp3) is 0.231. The highest BCUT2D eigenvalue weighted by Crippen LogP contribution is 2.19. The Hall–Kier alpha value is -2.14. The van der Waals surface area contributed by atoms with Gasteiger partial charge in [-0.15, -0.1) is 10.2 Å². The number of hydrogen-bond donors (Lipinski definition) is 1. The van der Waals surface area contributed by atoms with Gasteiger partial charge in [-0.3, -0.25) is 0 Å². The Morgan fingerprint density at radius 3 is 2.89 bits per heavy atom. The van der Waals surface area contributed by atoms with Crippen molar-refractivity contribution >= 4 is 10.9 Å². The van der Waals surface area contributed by atoms with Gasteiger partial charge in [0.15, 0.2) is 0 Å². The lowest BCUT2D eigenvalue weighted by atomic mass is 10.2. The molecule has 0 aliphatic rings. The number of aliphatic hydroxyl groups is 1. The molecule has 0 bridgehead atoms. The Balaban J connectivity index is 2.01. The zero-order valence-corrected chi connectivity index (χ0v) is 10.00. The largest absolute Gasteiger partial charge is 0.424 e. The fourth-order valence-electron chi connectivity index (χ4n) is 2.01. The van der Waals surface area contributed by atoms with E-state index in [4.69, 9.17) is 9.52 Å². The van der Waals surface area contributed by atoms with Gasteiger partial charge < -0.3 is 14.1 Å². The van der Waals surface area contributed by atoms with Crippen LogP contribution >= 0.6 is 0 Å². The van der Waals surface area contributed by atoms with Gasteiger partial charge >= 0.3 is 0 Å². The Morgan fingerprint density at radius 1 is 1.28 bits per heavy atom. The van der Waals surface area contributed by atoms with Crippen LogP contribution in [0.2, 0.25) is 0 Å². The van der Waals surface area contributed by atoms with E-state index in [9.17, 15) is 0 Å². The first-order valence-electron chi connectivity index (χ1n) is 5.74. The lowest BCUT2D eigenvalue weighted by molar-refractivity contribution is 0.282. The SMILES string of the molecule is Cc1nnc(Cn2ccc3ccc(CO)cc32)o1. The van der Waals surface area contributed by atoms with E-state index >= 15 is 0 Å². The monoisotopic (exact) mass is 243 g/mol. The van der Waals surface area contributed by atoms with Crippen molar-refractivity contribution in [2.45, 2.75) is 20.1 Å². The predicted octanol–water partition coefficient (Wildman–Crippen LogP) is 1.87. The molecule has 0 saturated carbocycles. The smallest absolute Gasteiger partial charge is 0.236 e.